The third kappa shape index (κ3) is 23.7. The second kappa shape index (κ2) is 23.7. The number of hydrogen-bond donors (Lipinski definition) is 2. The highest BCUT2D eigenvalue weighted by atomic mass is 16.5. The van der Waals surface area contributed by atoms with Crippen LogP contribution in [0, 0.1) is 0 Å². The van der Waals surface area contributed by atoms with Crippen LogP contribution in [0.4, 0.5) is 0 Å². The van der Waals surface area contributed by atoms with Gasteiger partial charge in [0.1, 0.15) is 0 Å². The van der Waals surface area contributed by atoms with Gasteiger partial charge in [0.25, 0.3) is 0 Å². The summed E-state index contributed by atoms with van der Waals surface area (Å²) in [6, 6.07) is 0. The molecule has 0 aromatic heterocycles. The molecule has 0 radical (unpaired) electrons. The van der Waals surface area contributed by atoms with Crippen molar-refractivity contribution in [3.05, 3.63) is 0 Å². The smallest absolute Gasteiger partial charge is 0.0701 e. The Balaban J connectivity index is 2.94. The van der Waals surface area contributed by atoms with Gasteiger partial charge in [-0.1, -0.05) is 6.92 Å². The van der Waals surface area contributed by atoms with Gasteiger partial charge in [0.2, 0.25) is 0 Å². The molecule has 0 amide bonds. The van der Waals surface area contributed by atoms with Crippen molar-refractivity contribution in [1.29, 1.82) is 0 Å². The summed E-state index contributed by atoms with van der Waals surface area (Å²) in [5.41, 5.74) is 5.30. The highest BCUT2D eigenvalue weighted by molar-refractivity contribution is 4.45. The molecule has 0 aliphatic heterocycles. The van der Waals surface area contributed by atoms with Crippen LogP contribution in [0.25, 0.3) is 0 Å². The predicted molar refractivity (Wildman–Crippen MR) is 97.1 cm³/mol. The first-order valence-electron chi connectivity index (χ1n) is 9.29. The van der Waals surface area contributed by atoms with Gasteiger partial charge < -0.3 is 39.5 Å². The Morgan fingerprint density at radius 3 is 1.28 bits per heavy atom. The van der Waals surface area contributed by atoms with E-state index in [0.29, 0.717) is 79.2 Å². The Kier molecular flexibility index (Phi) is 23.4. The summed E-state index contributed by atoms with van der Waals surface area (Å²) in [5, 5.41) is 3.25. The van der Waals surface area contributed by atoms with Gasteiger partial charge >= 0.3 is 0 Å². The quantitative estimate of drug-likeness (QED) is 0.260. The summed E-state index contributed by atoms with van der Waals surface area (Å²) in [6.45, 7) is 11.8. The molecule has 0 saturated heterocycles. The molecule has 0 bridgehead atoms. The number of nitrogens with two attached hydrogens (primary N) is 1. The van der Waals surface area contributed by atoms with E-state index in [1.54, 1.807) is 0 Å². The number of hydrogen-bond acceptors (Lipinski definition) is 8. The summed E-state index contributed by atoms with van der Waals surface area (Å²) in [5.74, 6) is 0. The summed E-state index contributed by atoms with van der Waals surface area (Å²) in [4.78, 5) is 0. The highest BCUT2D eigenvalue weighted by Crippen LogP contribution is 1.83. The predicted octanol–water partition coefficient (Wildman–Crippen LogP) is 0.0443. The van der Waals surface area contributed by atoms with E-state index in [1.165, 1.54) is 0 Å². The third-order valence-corrected chi connectivity index (χ3v) is 2.95. The minimum Gasteiger partial charge on any atom is -0.379 e. The summed E-state index contributed by atoms with van der Waals surface area (Å²) in [7, 11) is 0. The molecule has 0 spiro atoms. The Morgan fingerprint density at radius 1 is 0.520 bits per heavy atom. The molecule has 152 valence electrons. The lowest BCUT2D eigenvalue weighted by Gasteiger charge is -2.08. The molecule has 3 N–H and O–H groups in total. The monoisotopic (exact) mass is 366 g/mol. The van der Waals surface area contributed by atoms with Crippen molar-refractivity contribution < 1.29 is 28.4 Å². The topological polar surface area (TPSA) is 93.4 Å². The lowest BCUT2D eigenvalue weighted by atomic mass is 10.5. The van der Waals surface area contributed by atoms with Crippen LogP contribution in [0.3, 0.4) is 0 Å². The second-order valence-corrected chi connectivity index (χ2v) is 5.21. The van der Waals surface area contributed by atoms with Crippen LogP contribution in [0.15, 0.2) is 0 Å². The maximum absolute atomic E-state index is 5.45. The van der Waals surface area contributed by atoms with E-state index >= 15 is 0 Å². The highest BCUT2D eigenvalue weighted by Gasteiger charge is 1.93. The Hall–Kier alpha value is -0.320. The second-order valence-electron chi connectivity index (χ2n) is 5.21. The maximum Gasteiger partial charge on any atom is 0.0701 e. The average molecular weight is 366 g/mol. The van der Waals surface area contributed by atoms with Gasteiger partial charge in [0, 0.05) is 26.2 Å². The van der Waals surface area contributed by atoms with E-state index in [4.69, 9.17) is 34.2 Å². The fourth-order valence-corrected chi connectivity index (χ4v) is 1.73. The lowest BCUT2D eigenvalue weighted by Crippen LogP contribution is -2.25. The van der Waals surface area contributed by atoms with E-state index < -0.39 is 0 Å². The first-order chi connectivity index (χ1) is 12.4. The van der Waals surface area contributed by atoms with Crippen molar-refractivity contribution in [2.24, 2.45) is 5.73 Å². The van der Waals surface area contributed by atoms with Crippen molar-refractivity contribution in [3.63, 3.8) is 0 Å². The maximum atomic E-state index is 5.45. The van der Waals surface area contributed by atoms with Crippen LogP contribution in [0.1, 0.15) is 13.3 Å². The normalized spacial score (nSPS) is 11.3. The minimum atomic E-state index is 0.545. The number of rotatable bonds is 22. The molecule has 0 fully saturated rings. The first-order valence-corrected chi connectivity index (χ1v) is 9.29. The Labute approximate surface area is 152 Å². The fourth-order valence-electron chi connectivity index (χ4n) is 1.73. The van der Waals surface area contributed by atoms with E-state index in [-0.39, 0.29) is 0 Å². The van der Waals surface area contributed by atoms with Crippen molar-refractivity contribution in [2.45, 2.75) is 13.3 Å². The summed E-state index contributed by atoms with van der Waals surface area (Å²) in [6.07, 6.45) is 1.04. The van der Waals surface area contributed by atoms with Gasteiger partial charge in [0.05, 0.1) is 72.7 Å². The average Bonchev–Trinajstić information content (AvgIpc) is 2.63. The summed E-state index contributed by atoms with van der Waals surface area (Å²) < 4.78 is 32.1. The Morgan fingerprint density at radius 2 is 0.880 bits per heavy atom. The molecule has 0 heterocycles. The van der Waals surface area contributed by atoms with Crippen molar-refractivity contribution in [3.8, 4) is 0 Å². The molecule has 0 rings (SSSR count). The molecule has 0 aliphatic rings. The van der Waals surface area contributed by atoms with Gasteiger partial charge in [-0.2, -0.15) is 0 Å². The first kappa shape index (κ1) is 24.7. The van der Waals surface area contributed by atoms with Crippen LogP contribution in [0.2, 0.25) is 0 Å². The van der Waals surface area contributed by atoms with Gasteiger partial charge in [-0.05, 0) is 6.42 Å². The van der Waals surface area contributed by atoms with Crippen LogP contribution in [-0.2, 0) is 28.4 Å². The van der Waals surface area contributed by atoms with E-state index in [1.807, 2.05) is 0 Å². The van der Waals surface area contributed by atoms with Crippen LogP contribution in [0.5, 0.6) is 0 Å². The largest absolute Gasteiger partial charge is 0.379 e. The van der Waals surface area contributed by atoms with E-state index in [0.717, 1.165) is 26.1 Å². The molecular weight excluding hydrogens is 328 g/mol. The zero-order valence-electron chi connectivity index (χ0n) is 15.8. The van der Waals surface area contributed by atoms with E-state index in [2.05, 4.69) is 12.2 Å². The molecule has 25 heavy (non-hydrogen) atoms. The molecule has 0 aromatic carbocycles. The van der Waals surface area contributed by atoms with Gasteiger partial charge in [-0.15, -0.1) is 0 Å². The lowest BCUT2D eigenvalue weighted by molar-refractivity contribution is 0.0129. The standard InChI is InChI=1S/C17H38N2O6/c1-2-6-20-10-14-24-16-12-22-8-4-19-5-9-23-13-17-25-15-11-21-7-3-18/h19H,2-18H2,1H3. The van der Waals surface area contributed by atoms with Crippen LogP contribution in [-0.4, -0.2) is 98.9 Å². The molecule has 0 saturated carbocycles. The summed E-state index contributed by atoms with van der Waals surface area (Å²) >= 11 is 0. The molecule has 0 unspecified atom stereocenters. The van der Waals surface area contributed by atoms with Crippen molar-refractivity contribution in [2.75, 3.05) is 98.9 Å². The number of ether oxygens (including phenoxy) is 6. The Bertz CT molecular complexity index is 215. The van der Waals surface area contributed by atoms with Gasteiger partial charge in [-0.25, -0.2) is 0 Å². The fraction of sp³-hybridized carbons (Fsp3) is 1.00. The SMILES string of the molecule is CCCOCCOCCOCCNCCOCCOCCOCCN. The zero-order chi connectivity index (χ0) is 18.3. The van der Waals surface area contributed by atoms with Crippen LogP contribution < -0.4 is 11.1 Å². The third-order valence-electron chi connectivity index (χ3n) is 2.95. The molecule has 0 aromatic rings. The van der Waals surface area contributed by atoms with Gasteiger partial charge in [0.15, 0.2) is 0 Å². The molecule has 8 heteroatoms. The van der Waals surface area contributed by atoms with E-state index in [9.17, 15) is 0 Å². The molecule has 0 aliphatic carbocycles. The molecular formula is C17H38N2O6. The minimum absolute atomic E-state index is 0.545. The van der Waals surface area contributed by atoms with Gasteiger partial charge in [-0.3, -0.25) is 0 Å². The zero-order valence-corrected chi connectivity index (χ0v) is 15.8. The van der Waals surface area contributed by atoms with Crippen LogP contribution >= 0.6 is 0 Å². The van der Waals surface area contributed by atoms with Crippen molar-refractivity contribution in [1.82, 2.24) is 5.32 Å². The number of nitrogens with one attached hydrogen (secondary N) is 1. The molecule has 8 nitrogen and oxygen atoms in total. The van der Waals surface area contributed by atoms with Crippen molar-refractivity contribution >= 4 is 0 Å². The molecule has 0 atom stereocenters.